The number of piperidine rings is 1. The molecule has 0 amide bonds. The highest BCUT2D eigenvalue weighted by molar-refractivity contribution is 9.10. The molecule has 16 heavy (non-hydrogen) atoms. The normalized spacial score (nSPS) is 21.2. The zero-order valence-corrected chi connectivity index (χ0v) is 11.5. The van der Waals surface area contributed by atoms with Gasteiger partial charge >= 0.3 is 0 Å². The van der Waals surface area contributed by atoms with E-state index < -0.39 is 0 Å². The third-order valence-corrected chi connectivity index (χ3v) is 3.97. The lowest BCUT2D eigenvalue weighted by Gasteiger charge is -2.37. The molecule has 1 heterocycles. The standard InChI is InChI=1S/C13H19BrN2/c1-9-7-11(15)8-12(14)13(9)16-6-4-3-5-10(16)2/h7-8,10H,3-6,15H2,1-2H3/t10-/m1/s1. The highest BCUT2D eigenvalue weighted by atomic mass is 79.9. The predicted octanol–water partition coefficient (Wildman–Crippen LogP) is 3.72. The van der Waals surface area contributed by atoms with Crippen LogP contribution in [0.4, 0.5) is 11.4 Å². The summed E-state index contributed by atoms with van der Waals surface area (Å²) >= 11 is 3.64. The van der Waals surface area contributed by atoms with Crippen molar-refractivity contribution >= 4 is 27.3 Å². The van der Waals surface area contributed by atoms with Crippen molar-refractivity contribution in [3.8, 4) is 0 Å². The van der Waals surface area contributed by atoms with Crippen LogP contribution in [0.5, 0.6) is 0 Å². The summed E-state index contributed by atoms with van der Waals surface area (Å²) in [7, 11) is 0. The zero-order valence-electron chi connectivity index (χ0n) is 9.96. The monoisotopic (exact) mass is 282 g/mol. The second-order valence-electron chi connectivity index (χ2n) is 4.71. The van der Waals surface area contributed by atoms with Gasteiger partial charge in [0.05, 0.1) is 5.69 Å². The molecule has 1 aliphatic heterocycles. The van der Waals surface area contributed by atoms with Crippen LogP contribution >= 0.6 is 15.9 Å². The fourth-order valence-electron chi connectivity index (χ4n) is 2.56. The lowest BCUT2D eigenvalue weighted by Crippen LogP contribution is -2.38. The molecule has 1 saturated heterocycles. The van der Waals surface area contributed by atoms with Gasteiger partial charge in [0.2, 0.25) is 0 Å². The van der Waals surface area contributed by atoms with Gasteiger partial charge in [0.1, 0.15) is 0 Å². The Hall–Kier alpha value is -0.700. The van der Waals surface area contributed by atoms with Gasteiger partial charge in [0.15, 0.2) is 0 Å². The van der Waals surface area contributed by atoms with E-state index in [4.69, 9.17) is 5.73 Å². The summed E-state index contributed by atoms with van der Waals surface area (Å²) < 4.78 is 1.12. The molecule has 1 aromatic carbocycles. The smallest absolute Gasteiger partial charge is 0.0544 e. The van der Waals surface area contributed by atoms with Crippen LogP contribution in [0.3, 0.4) is 0 Å². The molecule has 0 spiro atoms. The number of anilines is 2. The number of hydrogen-bond acceptors (Lipinski definition) is 2. The Morgan fingerprint density at radius 1 is 1.38 bits per heavy atom. The average molecular weight is 283 g/mol. The highest BCUT2D eigenvalue weighted by Gasteiger charge is 2.21. The first-order valence-corrected chi connectivity index (χ1v) is 6.71. The Bertz CT molecular complexity index is 367. The van der Waals surface area contributed by atoms with Gasteiger partial charge in [-0.2, -0.15) is 0 Å². The number of aryl methyl sites for hydroxylation is 1. The van der Waals surface area contributed by atoms with Gasteiger partial charge < -0.3 is 10.6 Å². The predicted molar refractivity (Wildman–Crippen MR) is 74.0 cm³/mol. The minimum atomic E-state index is 0.632. The average Bonchev–Trinajstić information content (AvgIpc) is 2.19. The van der Waals surface area contributed by atoms with Crippen molar-refractivity contribution in [2.45, 2.75) is 39.2 Å². The van der Waals surface area contributed by atoms with Crippen LogP contribution < -0.4 is 10.6 Å². The SMILES string of the molecule is Cc1cc(N)cc(Br)c1N1CCCC[C@H]1C. The van der Waals surface area contributed by atoms with Crippen molar-refractivity contribution in [3.63, 3.8) is 0 Å². The largest absolute Gasteiger partial charge is 0.399 e. The number of benzene rings is 1. The summed E-state index contributed by atoms with van der Waals surface area (Å²) in [4.78, 5) is 2.50. The Morgan fingerprint density at radius 3 is 2.75 bits per heavy atom. The summed E-state index contributed by atoms with van der Waals surface area (Å²) in [6.45, 7) is 5.60. The minimum absolute atomic E-state index is 0.632. The molecule has 0 bridgehead atoms. The quantitative estimate of drug-likeness (QED) is 0.796. The first-order valence-electron chi connectivity index (χ1n) is 5.92. The van der Waals surface area contributed by atoms with Crippen molar-refractivity contribution in [3.05, 3.63) is 22.2 Å². The summed E-state index contributed by atoms with van der Waals surface area (Å²) in [5.41, 5.74) is 9.26. The molecule has 0 saturated carbocycles. The van der Waals surface area contributed by atoms with E-state index in [0.29, 0.717) is 6.04 Å². The molecule has 1 aliphatic rings. The molecule has 0 aromatic heterocycles. The van der Waals surface area contributed by atoms with Gasteiger partial charge in [0, 0.05) is 22.7 Å². The van der Waals surface area contributed by atoms with E-state index in [1.807, 2.05) is 6.07 Å². The molecule has 3 heteroatoms. The molecule has 0 radical (unpaired) electrons. The fourth-order valence-corrected chi connectivity index (χ4v) is 3.36. The Labute approximate surface area is 106 Å². The maximum atomic E-state index is 5.84. The van der Waals surface area contributed by atoms with Crippen LogP contribution in [-0.4, -0.2) is 12.6 Å². The summed E-state index contributed by atoms with van der Waals surface area (Å²) in [6, 6.07) is 4.69. The molecule has 1 aromatic rings. The van der Waals surface area contributed by atoms with Crippen LogP contribution in [-0.2, 0) is 0 Å². The van der Waals surface area contributed by atoms with Gasteiger partial charge in [-0.3, -0.25) is 0 Å². The molecule has 1 fully saturated rings. The highest BCUT2D eigenvalue weighted by Crippen LogP contribution is 2.35. The van der Waals surface area contributed by atoms with Crippen LogP contribution in [0.25, 0.3) is 0 Å². The second-order valence-corrected chi connectivity index (χ2v) is 5.56. The summed E-state index contributed by atoms with van der Waals surface area (Å²) in [6.07, 6.45) is 3.93. The number of rotatable bonds is 1. The van der Waals surface area contributed by atoms with E-state index in [0.717, 1.165) is 16.7 Å². The Morgan fingerprint density at radius 2 is 2.12 bits per heavy atom. The van der Waals surface area contributed by atoms with E-state index in [1.54, 1.807) is 0 Å². The van der Waals surface area contributed by atoms with Gasteiger partial charge in [0.25, 0.3) is 0 Å². The zero-order chi connectivity index (χ0) is 11.7. The van der Waals surface area contributed by atoms with Crippen LogP contribution in [0.2, 0.25) is 0 Å². The van der Waals surface area contributed by atoms with E-state index in [-0.39, 0.29) is 0 Å². The Balaban J connectivity index is 2.38. The van der Waals surface area contributed by atoms with Gasteiger partial charge in [-0.15, -0.1) is 0 Å². The van der Waals surface area contributed by atoms with Crippen molar-refractivity contribution in [2.24, 2.45) is 0 Å². The molecule has 0 unspecified atom stereocenters. The molecule has 0 aliphatic carbocycles. The van der Waals surface area contributed by atoms with Crippen molar-refractivity contribution in [1.82, 2.24) is 0 Å². The number of nitrogens with two attached hydrogens (primary N) is 1. The van der Waals surface area contributed by atoms with Crippen molar-refractivity contribution < 1.29 is 0 Å². The molecular weight excluding hydrogens is 264 g/mol. The molecule has 88 valence electrons. The molecule has 1 atom stereocenters. The number of nitrogens with zero attached hydrogens (tertiary/aromatic N) is 1. The molecule has 2 nitrogen and oxygen atoms in total. The van der Waals surface area contributed by atoms with E-state index >= 15 is 0 Å². The lowest BCUT2D eigenvalue weighted by atomic mass is 10.0. The first-order chi connectivity index (χ1) is 7.59. The lowest BCUT2D eigenvalue weighted by molar-refractivity contribution is 0.483. The maximum absolute atomic E-state index is 5.84. The van der Waals surface area contributed by atoms with Crippen molar-refractivity contribution in [2.75, 3.05) is 17.2 Å². The van der Waals surface area contributed by atoms with E-state index in [1.165, 1.54) is 30.5 Å². The summed E-state index contributed by atoms with van der Waals surface area (Å²) in [5.74, 6) is 0. The van der Waals surface area contributed by atoms with E-state index in [9.17, 15) is 0 Å². The molecule has 2 rings (SSSR count). The number of hydrogen-bond donors (Lipinski definition) is 1. The third-order valence-electron chi connectivity index (χ3n) is 3.37. The van der Waals surface area contributed by atoms with E-state index in [2.05, 4.69) is 40.7 Å². The van der Waals surface area contributed by atoms with Gasteiger partial charge in [-0.05, 0) is 66.7 Å². The minimum Gasteiger partial charge on any atom is -0.399 e. The third kappa shape index (κ3) is 2.19. The number of halogens is 1. The first kappa shape index (κ1) is 11.8. The number of nitrogen functional groups attached to an aromatic ring is 1. The maximum Gasteiger partial charge on any atom is 0.0544 e. The molecular formula is C13H19BrN2. The van der Waals surface area contributed by atoms with Gasteiger partial charge in [-0.1, -0.05) is 0 Å². The second kappa shape index (κ2) is 4.66. The topological polar surface area (TPSA) is 29.3 Å². The fraction of sp³-hybridized carbons (Fsp3) is 0.538. The van der Waals surface area contributed by atoms with Crippen LogP contribution in [0.1, 0.15) is 31.7 Å². The van der Waals surface area contributed by atoms with Gasteiger partial charge in [-0.25, -0.2) is 0 Å². The molecule has 2 N–H and O–H groups in total. The van der Waals surface area contributed by atoms with Crippen molar-refractivity contribution in [1.29, 1.82) is 0 Å². The Kier molecular flexibility index (Phi) is 3.43. The van der Waals surface area contributed by atoms with Crippen LogP contribution in [0, 0.1) is 6.92 Å². The summed E-state index contributed by atoms with van der Waals surface area (Å²) in [5, 5.41) is 0. The van der Waals surface area contributed by atoms with Crippen LogP contribution in [0.15, 0.2) is 16.6 Å².